The third-order valence-electron chi connectivity index (χ3n) is 2.22. The average Bonchev–Trinajstić information content (AvgIpc) is 2.58. The number of likely N-dealkylation sites (N-methyl/N-ethyl adjacent to an activating group) is 1. The van der Waals surface area contributed by atoms with Gasteiger partial charge in [0.1, 0.15) is 5.65 Å². The van der Waals surface area contributed by atoms with E-state index >= 15 is 0 Å². The number of fused-ring (bicyclic) bond motifs is 1. The zero-order chi connectivity index (χ0) is 9.97. The van der Waals surface area contributed by atoms with Crippen LogP contribution in [0.5, 0.6) is 0 Å². The Morgan fingerprint density at radius 3 is 3.14 bits per heavy atom. The van der Waals surface area contributed by atoms with Gasteiger partial charge in [-0.05, 0) is 26.2 Å². The van der Waals surface area contributed by atoms with Crippen molar-refractivity contribution in [3.05, 3.63) is 30.6 Å². The van der Waals surface area contributed by atoms with E-state index in [0.717, 1.165) is 24.1 Å². The van der Waals surface area contributed by atoms with Gasteiger partial charge in [0.05, 0.1) is 0 Å². The number of pyridine rings is 1. The molecule has 3 heteroatoms. The first-order valence-electron chi connectivity index (χ1n) is 4.73. The van der Waals surface area contributed by atoms with E-state index in [-0.39, 0.29) is 0 Å². The summed E-state index contributed by atoms with van der Waals surface area (Å²) in [6.45, 7) is 1.98. The van der Waals surface area contributed by atoms with Crippen molar-refractivity contribution in [1.29, 1.82) is 0 Å². The molecule has 14 heavy (non-hydrogen) atoms. The molecule has 2 aromatic heterocycles. The Morgan fingerprint density at radius 1 is 1.50 bits per heavy atom. The van der Waals surface area contributed by atoms with Crippen molar-refractivity contribution >= 4 is 11.0 Å². The maximum atomic E-state index is 4.33. The Morgan fingerprint density at radius 2 is 2.36 bits per heavy atom. The van der Waals surface area contributed by atoms with E-state index in [1.54, 1.807) is 0 Å². The predicted octanol–water partition coefficient (Wildman–Crippen LogP) is 1.40. The number of nitrogens with zero attached hydrogens (tertiary/aromatic N) is 3. The van der Waals surface area contributed by atoms with Crippen LogP contribution in [0.15, 0.2) is 24.5 Å². The summed E-state index contributed by atoms with van der Waals surface area (Å²) in [5, 5.41) is 1.09. The molecule has 0 unspecified atom stereocenters. The molecule has 2 rings (SSSR count). The molecular weight excluding hydrogens is 174 g/mol. The van der Waals surface area contributed by atoms with Gasteiger partial charge in [-0.2, -0.15) is 0 Å². The van der Waals surface area contributed by atoms with Gasteiger partial charge < -0.3 is 9.47 Å². The SMILES string of the molecule is CN(C)CCn1c[c]c2cccnc21. The molecule has 1 radical (unpaired) electrons. The fraction of sp³-hybridized carbons (Fsp3) is 0.364. The van der Waals surface area contributed by atoms with Gasteiger partial charge >= 0.3 is 0 Å². The summed E-state index contributed by atoms with van der Waals surface area (Å²) in [5.74, 6) is 0. The molecule has 0 aliphatic rings. The molecule has 73 valence electrons. The molecule has 0 bridgehead atoms. The molecule has 0 saturated heterocycles. The molecule has 2 aromatic rings. The number of hydrogen-bond donors (Lipinski definition) is 0. The minimum atomic E-state index is 0.962. The van der Waals surface area contributed by atoms with Crippen LogP contribution in [0.2, 0.25) is 0 Å². The largest absolute Gasteiger partial charge is 0.331 e. The van der Waals surface area contributed by atoms with Gasteiger partial charge in [-0.3, -0.25) is 0 Å². The van der Waals surface area contributed by atoms with Crippen LogP contribution in [0, 0.1) is 6.07 Å². The van der Waals surface area contributed by atoms with Gasteiger partial charge in [-0.15, -0.1) is 0 Å². The zero-order valence-electron chi connectivity index (χ0n) is 8.57. The van der Waals surface area contributed by atoms with Crippen molar-refractivity contribution in [2.75, 3.05) is 20.6 Å². The van der Waals surface area contributed by atoms with Gasteiger partial charge in [-0.1, -0.05) is 0 Å². The first-order valence-corrected chi connectivity index (χ1v) is 4.73. The molecule has 0 spiro atoms. The molecule has 0 fully saturated rings. The quantitative estimate of drug-likeness (QED) is 0.726. The van der Waals surface area contributed by atoms with E-state index in [1.807, 2.05) is 24.5 Å². The van der Waals surface area contributed by atoms with Crippen molar-refractivity contribution < 1.29 is 0 Å². The lowest BCUT2D eigenvalue weighted by molar-refractivity contribution is 0.386. The molecule has 3 nitrogen and oxygen atoms in total. The molecular formula is C11H14N3. The second-order valence-corrected chi connectivity index (χ2v) is 3.64. The van der Waals surface area contributed by atoms with E-state index in [1.165, 1.54) is 0 Å². The van der Waals surface area contributed by atoms with E-state index < -0.39 is 0 Å². The maximum Gasteiger partial charge on any atom is 0.140 e. The highest BCUT2D eigenvalue weighted by molar-refractivity contribution is 5.74. The highest BCUT2D eigenvalue weighted by Crippen LogP contribution is 2.10. The van der Waals surface area contributed by atoms with E-state index in [4.69, 9.17) is 0 Å². The minimum Gasteiger partial charge on any atom is -0.331 e. The number of hydrogen-bond acceptors (Lipinski definition) is 2. The second kappa shape index (κ2) is 3.80. The summed E-state index contributed by atoms with van der Waals surface area (Å²) >= 11 is 0. The summed E-state index contributed by atoms with van der Waals surface area (Å²) in [6.07, 6.45) is 3.80. The Bertz CT molecular complexity index is 417. The summed E-state index contributed by atoms with van der Waals surface area (Å²) in [7, 11) is 4.14. The lowest BCUT2D eigenvalue weighted by Gasteiger charge is -2.10. The molecule has 0 atom stereocenters. The molecule has 0 aliphatic carbocycles. The Hall–Kier alpha value is -1.35. The lowest BCUT2D eigenvalue weighted by Crippen LogP contribution is -2.18. The van der Waals surface area contributed by atoms with E-state index in [0.29, 0.717) is 0 Å². The van der Waals surface area contributed by atoms with Crippen LogP contribution in [-0.4, -0.2) is 35.1 Å². The van der Waals surface area contributed by atoms with Crippen molar-refractivity contribution in [2.24, 2.45) is 0 Å². The topological polar surface area (TPSA) is 21.1 Å². The van der Waals surface area contributed by atoms with Crippen molar-refractivity contribution in [2.45, 2.75) is 6.54 Å². The van der Waals surface area contributed by atoms with Crippen LogP contribution in [0.1, 0.15) is 0 Å². The summed E-state index contributed by atoms with van der Waals surface area (Å²) in [4.78, 5) is 6.49. The molecule has 0 aromatic carbocycles. The first kappa shape index (κ1) is 9.21. The van der Waals surface area contributed by atoms with Gasteiger partial charge in [-0.25, -0.2) is 4.98 Å². The molecule has 0 saturated carbocycles. The van der Waals surface area contributed by atoms with Gasteiger partial charge in [0.25, 0.3) is 0 Å². The Labute approximate surface area is 84.0 Å². The molecule has 0 N–H and O–H groups in total. The van der Waals surface area contributed by atoms with Crippen LogP contribution >= 0.6 is 0 Å². The second-order valence-electron chi connectivity index (χ2n) is 3.64. The molecule has 0 amide bonds. The predicted molar refractivity (Wildman–Crippen MR) is 57.1 cm³/mol. The number of rotatable bonds is 3. The van der Waals surface area contributed by atoms with Crippen LogP contribution in [0.3, 0.4) is 0 Å². The highest BCUT2D eigenvalue weighted by atomic mass is 15.1. The molecule has 0 aliphatic heterocycles. The third-order valence-corrected chi connectivity index (χ3v) is 2.22. The third kappa shape index (κ3) is 1.77. The number of aromatic nitrogens is 2. The van der Waals surface area contributed by atoms with Gasteiger partial charge in [0.2, 0.25) is 0 Å². The highest BCUT2D eigenvalue weighted by Gasteiger charge is 2.01. The van der Waals surface area contributed by atoms with Crippen LogP contribution in [-0.2, 0) is 6.54 Å². The normalized spacial score (nSPS) is 11.4. The van der Waals surface area contributed by atoms with Crippen LogP contribution in [0.25, 0.3) is 11.0 Å². The lowest BCUT2D eigenvalue weighted by atomic mass is 10.3. The van der Waals surface area contributed by atoms with Gasteiger partial charge in [0.15, 0.2) is 0 Å². The minimum absolute atomic E-state index is 0.962. The fourth-order valence-electron chi connectivity index (χ4n) is 1.43. The van der Waals surface area contributed by atoms with Gasteiger partial charge in [0, 0.05) is 36.9 Å². The van der Waals surface area contributed by atoms with Crippen molar-refractivity contribution in [3.8, 4) is 0 Å². The average molecular weight is 188 g/mol. The van der Waals surface area contributed by atoms with Crippen molar-refractivity contribution in [3.63, 3.8) is 0 Å². The summed E-state index contributed by atoms with van der Waals surface area (Å²) in [6, 6.07) is 7.17. The monoisotopic (exact) mass is 188 g/mol. The fourth-order valence-corrected chi connectivity index (χ4v) is 1.43. The zero-order valence-corrected chi connectivity index (χ0v) is 8.57. The molecule has 2 heterocycles. The van der Waals surface area contributed by atoms with Crippen LogP contribution < -0.4 is 0 Å². The Kier molecular flexibility index (Phi) is 2.50. The smallest absolute Gasteiger partial charge is 0.140 e. The summed E-state index contributed by atoms with van der Waals surface area (Å²) < 4.78 is 2.13. The Balaban J connectivity index is 2.25. The summed E-state index contributed by atoms with van der Waals surface area (Å²) in [5.41, 5.74) is 1.02. The van der Waals surface area contributed by atoms with E-state index in [9.17, 15) is 0 Å². The first-order chi connectivity index (χ1) is 6.77. The van der Waals surface area contributed by atoms with Crippen molar-refractivity contribution in [1.82, 2.24) is 14.5 Å². The van der Waals surface area contributed by atoms with E-state index in [2.05, 4.69) is 34.6 Å². The van der Waals surface area contributed by atoms with Crippen LogP contribution in [0.4, 0.5) is 0 Å². The standard InChI is InChI=1S/C11H14N3/c1-13(2)8-9-14-7-5-10-4-3-6-12-11(10)14/h3-4,6-7H,8-9H2,1-2H3. The maximum absolute atomic E-state index is 4.33.